The molecule has 1 N–H and O–H groups in total. The third-order valence-electron chi connectivity index (χ3n) is 2.69. The van der Waals surface area contributed by atoms with E-state index in [0.29, 0.717) is 17.5 Å². The predicted molar refractivity (Wildman–Crippen MR) is 68.9 cm³/mol. The normalized spacial score (nSPS) is 10.9. The lowest BCUT2D eigenvalue weighted by Crippen LogP contribution is -1.84. The van der Waals surface area contributed by atoms with Crippen molar-refractivity contribution in [2.75, 3.05) is 0 Å². The molecule has 0 aliphatic carbocycles. The highest BCUT2D eigenvalue weighted by Gasteiger charge is 2.08. The van der Waals surface area contributed by atoms with Gasteiger partial charge in [0.05, 0.1) is 5.88 Å². The van der Waals surface area contributed by atoms with Crippen molar-refractivity contribution in [2.45, 2.75) is 5.88 Å². The van der Waals surface area contributed by atoms with E-state index in [1.807, 2.05) is 24.3 Å². The number of fused-ring (bicyclic) bond motifs is 1. The summed E-state index contributed by atoms with van der Waals surface area (Å²) in [5.74, 6) is 1.73. The van der Waals surface area contributed by atoms with Crippen LogP contribution in [0.2, 0.25) is 0 Å². The second-order valence-corrected chi connectivity index (χ2v) is 4.03. The Morgan fingerprint density at radius 3 is 2.71 bits per heavy atom. The minimum atomic E-state index is 0.345. The molecule has 0 saturated heterocycles. The third kappa shape index (κ3) is 1.78. The summed E-state index contributed by atoms with van der Waals surface area (Å²) in [6.07, 6.45) is 0. The van der Waals surface area contributed by atoms with Gasteiger partial charge in [0, 0.05) is 5.56 Å². The minimum absolute atomic E-state index is 0.345. The molecule has 0 fully saturated rings. The monoisotopic (exact) mass is 243 g/mol. The van der Waals surface area contributed by atoms with E-state index in [0.717, 1.165) is 10.9 Å². The van der Waals surface area contributed by atoms with Gasteiger partial charge in [-0.3, -0.25) is 5.10 Å². The average molecular weight is 244 g/mol. The van der Waals surface area contributed by atoms with E-state index in [1.165, 1.54) is 5.39 Å². The van der Waals surface area contributed by atoms with Crippen LogP contribution in [0.15, 0.2) is 42.5 Å². The molecule has 3 nitrogen and oxygen atoms in total. The molecule has 0 amide bonds. The smallest absolute Gasteiger partial charge is 0.181 e. The molecule has 4 heteroatoms. The summed E-state index contributed by atoms with van der Waals surface area (Å²) < 4.78 is 0. The van der Waals surface area contributed by atoms with E-state index in [4.69, 9.17) is 11.6 Å². The predicted octanol–water partition coefficient (Wildman–Crippen LogP) is 3.36. The van der Waals surface area contributed by atoms with Crippen LogP contribution >= 0.6 is 11.6 Å². The van der Waals surface area contributed by atoms with Crippen molar-refractivity contribution < 1.29 is 0 Å². The first-order chi connectivity index (χ1) is 8.38. The van der Waals surface area contributed by atoms with Crippen LogP contribution in [-0.2, 0) is 5.88 Å². The number of benzene rings is 2. The highest BCUT2D eigenvalue weighted by atomic mass is 35.5. The lowest BCUT2D eigenvalue weighted by atomic mass is 10.0. The van der Waals surface area contributed by atoms with Gasteiger partial charge in [0.1, 0.15) is 5.82 Å². The molecule has 0 unspecified atom stereocenters. The summed E-state index contributed by atoms with van der Waals surface area (Å²) in [7, 11) is 0. The quantitative estimate of drug-likeness (QED) is 0.701. The van der Waals surface area contributed by atoms with E-state index in [9.17, 15) is 0 Å². The number of aromatic nitrogens is 3. The Balaban J connectivity index is 2.23. The van der Waals surface area contributed by atoms with Crippen molar-refractivity contribution in [3.05, 3.63) is 48.3 Å². The molecule has 0 radical (unpaired) electrons. The Kier molecular flexibility index (Phi) is 2.53. The lowest BCUT2D eigenvalue weighted by Gasteiger charge is -2.01. The topological polar surface area (TPSA) is 41.6 Å². The number of aromatic amines is 1. The van der Waals surface area contributed by atoms with Crippen LogP contribution in [0.4, 0.5) is 0 Å². The maximum atomic E-state index is 5.71. The number of nitrogens with one attached hydrogen (secondary N) is 1. The van der Waals surface area contributed by atoms with Gasteiger partial charge in [-0.05, 0) is 10.8 Å². The van der Waals surface area contributed by atoms with Crippen molar-refractivity contribution in [3.8, 4) is 11.4 Å². The molecule has 0 saturated carbocycles. The molecule has 84 valence electrons. The molecule has 0 bridgehead atoms. The Labute approximate surface area is 103 Å². The second-order valence-electron chi connectivity index (χ2n) is 3.77. The first kappa shape index (κ1) is 10.3. The van der Waals surface area contributed by atoms with Crippen molar-refractivity contribution >= 4 is 22.4 Å². The molecule has 1 aromatic heterocycles. The fraction of sp³-hybridized carbons (Fsp3) is 0.0769. The average Bonchev–Trinajstić information content (AvgIpc) is 2.87. The SMILES string of the molecule is ClCc1nc(-c2cccc3ccccc23)n[nH]1. The molecule has 0 aliphatic rings. The minimum Gasteiger partial charge on any atom is -0.262 e. The first-order valence-corrected chi connectivity index (χ1v) is 5.87. The Morgan fingerprint density at radius 1 is 1.06 bits per heavy atom. The van der Waals surface area contributed by atoms with Gasteiger partial charge in [-0.1, -0.05) is 42.5 Å². The third-order valence-corrected chi connectivity index (χ3v) is 2.94. The molecule has 0 aliphatic heterocycles. The summed E-state index contributed by atoms with van der Waals surface area (Å²) in [5, 5.41) is 9.34. The fourth-order valence-electron chi connectivity index (χ4n) is 1.90. The molecule has 0 atom stereocenters. The van der Waals surface area contributed by atoms with Crippen molar-refractivity contribution in [3.63, 3.8) is 0 Å². The van der Waals surface area contributed by atoms with Gasteiger partial charge in [-0.25, -0.2) is 4.98 Å². The van der Waals surface area contributed by atoms with E-state index in [2.05, 4.69) is 33.4 Å². The number of nitrogens with zero attached hydrogens (tertiary/aromatic N) is 2. The molecular formula is C13H10ClN3. The standard InChI is InChI=1S/C13H10ClN3/c14-8-12-15-13(17-16-12)11-7-3-5-9-4-1-2-6-10(9)11/h1-7H,8H2,(H,15,16,17). The molecular weight excluding hydrogens is 234 g/mol. The van der Waals surface area contributed by atoms with Crippen molar-refractivity contribution in [2.24, 2.45) is 0 Å². The molecule has 3 rings (SSSR count). The molecule has 17 heavy (non-hydrogen) atoms. The van der Waals surface area contributed by atoms with Gasteiger partial charge in [-0.2, -0.15) is 5.10 Å². The van der Waals surface area contributed by atoms with E-state index < -0.39 is 0 Å². The van der Waals surface area contributed by atoms with Crippen LogP contribution in [0.25, 0.3) is 22.2 Å². The zero-order valence-corrected chi connectivity index (χ0v) is 9.78. The summed E-state index contributed by atoms with van der Waals surface area (Å²) in [5.41, 5.74) is 1.02. The van der Waals surface area contributed by atoms with Crippen LogP contribution in [-0.4, -0.2) is 15.2 Å². The van der Waals surface area contributed by atoms with Crippen LogP contribution in [0.3, 0.4) is 0 Å². The Morgan fingerprint density at radius 2 is 1.88 bits per heavy atom. The van der Waals surface area contributed by atoms with E-state index in [-0.39, 0.29) is 0 Å². The van der Waals surface area contributed by atoms with Crippen LogP contribution in [0.5, 0.6) is 0 Å². The van der Waals surface area contributed by atoms with Crippen LogP contribution < -0.4 is 0 Å². The van der Waals surface area contributed by atoms with Crippen LogP contribution in [0.1, 0.15) is 5.82 Å². The van der Waals surface area contributed by atoms with Crippen molar-refractivity contribution in [1.29, 1.82) is 0 Å². The number of alkyl halides is 1. The largest absolute Gasteiger partial charge is 0.262 e. The Hall–Kier alpha value is -1.87. The zero-order valence-electron chi connectivity index (χ0n) is 9.02. The van der Waals surface area contributed by atoms with Gasteiger partial charge in [0.25, 0.3) is 0 Å². The summed E-state index contributed by atoms with van der Waals surface area (Å²) in [6.45, 7) is 0. The molecule has 3 aromatic rings. The number of hydrogen-bond donors (Lipinski definition) is 1. The van der Waals surface area contributed by atoms with Gasteiger partial charge < -0.3 is 0 Å². The second kappa shape index (κ2) is 4.18. The number of H-pyrrole nitrogens is 1. The van der Waals surface area contributed by atoms with E-state index in [1.54, 1.807) is 0 Å². The summed E-state index contributed by atoms with van der Waals surface area (Å²) in [4.78, 5) is 4.35. The summed E-state index contributed by atoms with van der Waals surface area (Å²) >= 11 is 5.71. The summed E-state index contributed by atoms with van der Waals surface area (Å²) in [6, 6.07) is 14.3. The molecule has 2 aromatic carbocycles. The fourth-order valence-corrected chi connectivity index (χ4v) is 2.02. The van der Waals surface area contributed by atoms with Gasteiger partial charge in [0.2, 0.25) is 0 Å². The maximum Gasteiger partial charge on any atom is 0.181 e. The van der Waals surface area contributed by atoms with E-state index >= 15 is 0 Å². The van der Waals surface area contributed by atoms with Gasteiger partial charge in [0.15, 0.2) is 5.82 Å². The Bertz CT molecular complexity index is 655. The molecule has 0 spiro atoms. The highest BCUT2D eigenvalue weighted by Crippen LogP contribution is 2.25. The number of hydrogen-bond acceptors (Lipinski definition) is 2. The highest BCUT2D eigenvalue weighted by molar-refractivity contribution is 6.16. The first-order valence-electron chi connectivity index (χ1n) is 5.34. The maximum absolute atomic E-state index is 5.71. The number of rotatable bonds is 2. The zero-order chi connectivity index (χ0) is 11.7. The molecule has 1 heterocycles. The van der Waals surface area contributed by atoms with Gasteiger partial charge >= 0.3 is 0 Å². The van der Waals surface area contributed by atoms with Crippen molar-refractivity contribution in [1.82, 2.24) is 15.2 Å². The number of halogens is 1. The van der Waals surface area contributed by atoms with Gasteiger partial charge in [-0.15, -0.1) is 11.6 Å². The lowest BCUT2D eigenvalue weighted by molar-refractivity contribution is 1.02. The van der Waals surface area contributed by atoms with Crippen LogP contribution in [0, 0.1) is 0 Å².